The second kappa shape index (κ2) is 27.1. The SMILES string of the molecule is C=CC(=O)N1CCN(c2nc(O[C@H](C)CN3CCN(CCCN4CCN(CC(=O)N[C@H](C(=O)N5C[C@H](O)C[C@H]5C(=C)N[C@@H](C)c5ccc(-c6scnc6C)cc5)C(C)(C)C)CC4)CC3)nc3c(F)c(-c4cc(O)cc5ccccc45)c(Cl)cc23)CC1. The molecule has 0 aliphatic carbocycles. The molecule has 0 radical (unpaired) electrons. The van der Waals surface area contributed by atoms with E-state index in [1.165, 1.54) is 12.1 Å². The minimum absolute atomic E-state index is 0.0162. The molecule has 86 heavy (non-hydrogen) atoms. The zero-order valence-electron chi connectivity index (χ0n) is 50.4. The van der Waals surface area contributed by atoms with Crippen LogP contribution in [0.25, 0.3) is 43.2 Å². The third-order valence-corrected chi connectivity index (χ3v) is 18.6. The lowest BCUT2D eigenvalue weighted by molar-refractivity contribution is -0.140. The zero-order chi connectivity index (χ0) is 61.0. The van der Waals surface area contributed by atoms with Crippen LogP contribution in [0, 0.1) is 18.2 Å². The van der Waals surface area contributed by atoms with Crippen molar-refractivity contribution in [2.45, 2.75) is 84.7 Å². The number of fused-ring (bicyclic) bond motifs is 2. The van der Waals surface area contributed by atoms with Crippen LogP contribution in [0.15, 0.2) is 97.2 Å². The van der Waals surface area contributed by atoms with Crippen LogP contribution in [-0.2, 0) is 14.4 Å². The van der Waals surface area contributed by atoms with E-state index in [1.54, 1.807) is 33.3 Å². The first-order valence-electron chi connectivity index (χ1n) is 30.1. The van der Waals surface area contributed by atoms with E-state index in [1.807, 2.05) is 69.3 Å². The van der Waals surface area contributed by atoms with Gasteiger partial charge in [-0.05, 0) is 97.4 Å². The van der Waals surface area contributed by atoms with E-state index in [0.717, 1.165) is 104 Å². The highest BCUT2D eigenvalue weighted by molar-refractivity contribution is 7.13. The molecule has 4 saturated heterocycles. The van der Waals surface area contributed by atoms with Gasteiger partial charge in [-0.3, -0.25) is 24.2 Å². The summed E-state index contributed by atoms with van der Waals surface area (Å²) in [6.45, 7) is 31.3. The number of aliphatic hydroxyl groups excluding tert-OH is 1. The van der Waals surface area contributed by atoms with Gasteiger partial charge in [0.1, 0.15) is 29.2 Å². The Labute approximate surface area is 513 Å². The van der Waals surface area contributed by atoms with Crippen LogP contribution in [0.2, 0.25) is 5.02 Å². The Bertz CT molecular complexity index is 3430. The summed E-state index contributed by atoms with van der Waals surface area (Å²) in [5, 5.41) is 30.3. The van der Waals surface area contributed by atoms with Crippen molar-refractivity contribution in [1.29, 1.82) is 0 Å². The maximum Gasteiger partial charge on any atom is 0.319 e. The average Bonchev–Trinajstić information content (AvgIpc) is 1.05. The van der Waals surface area contributed by atoms with Crippen LogP contribution in [0.1, 0.15) is 64.8 Å². The molecule has 0 spiro atoms. The Hall–Kier alpha value is -6.78. The van der Waals surface area contributed by atoms with E-state index >= 15 is 4.39 Å². The fourth-order valence-electron chi connectivity index (χ4n) is 12.5. The summed E-state index contributed by atoms with van der Waals surface area (Å²) in [6.07, 6.45) is 1.65. The second-order valence-corrected chi connectivity index (χ2v) is 25.9. The number of halogens is 2. The standard InChI is InChI=1S/C65H82ClFN12O6S/c1-9-56(83)77-29-31-78(32-30-77)62-52-36-53(66)57(51-34-48(80)33-47-13-10-11-14-50(47)51)58(67)59(52)71-64(72-62)85-41(2)37-75-25-21-73(22-26-75)19-12-20-74-23-27-76(28-24-74)39-55(82)70-61(65(6,7)8)63(84)79-38-49(81)35-54(79)43(4)69-42(3)45-15-17-46(18-16-45)60-44(5)68-40-86-60/h9-11,13-18,33-34,36,40-42,49,54,61,69,80-81H,1,4,12,19-32,35,37-39H2,2-3,5-8H3,(H,70,82)/t41-,42+,49-,54+,61-/m1/s1. The Kier molecular flexibility index (Phi) is 19.6. The molecular formula is C65H82ClFN12O6S. The number of phenolic OH excluding ortho intramolecular Hbond substituents is 1. The first-order chi connectivity index (χ1) is 41.2. The third kappa shape index (κ3) is 14.4. The quantitative estimate of drug-likeness (QED) is 0.0539. The van der Waals surface area contributed by atoms with Gasteiger partial charge >= 0.3 is 6.01 Å². The number of aromatic nitrogens is 3. The van der Waals surface area contributed by atoms with E-state index in [9.17, 15) is 24.6 Å². The van der Waals surface area contributed by atoms with Crippen molar-refractivity contribution in [2.75, 3.05) is 116 Å². The minimum atomic E-state index is -0.798. The molecule has 6 heterocycles. The molecule has 4 aliphatic heterocycles. The average molecular weight is 1210 g/mol. The number of nitrogens with one attached hydrogen (secondary N) is 2. The molecule has 4 fully saturated rings. The second-order valence-electron chi connectivity index (χ2n) is 24.6. The summed E-state index contributed by atoms with van der Waals surface area (Å²) < 4.78 is 23.7. The fraction of sp³-hybridized carbons (Fsp3) is 0.477. The van der Waals surface area contributed by atoms with Crippen molar-refractivity contribution in [3.63, 3.8) is 0 Å². The summed E-state index contributed by atoms with van der Waals surface area (Å²) in [6, 6.07) is 19.4. The van der Waals surface area contributed by atoms with Crippen LogP contribution in [0.3, 0.4) is 0 Å². The molecule has 10 rings (SSSR count). The monoisotopic (exact) mass is 1210 g/mol. The van der Waals surface area contributed by atoms with Crippen LogP contribution >= 0.6 is 22.9 Å². The topological polar surface area (TPSA) is 186 Å². The first-order valence-corrected chi connectivity index (χ1v) is 31.3. The summed E-state index contributed by atoms with van der Waals surface area (Å²) in [4.78, 5) is 70.7. The lowest BCUT2D eigenvalue weighted by Gasteiger charge is -2.38. The van der Waals surface area contributed by atoms with E-state index in [2.05, 4.69) is 79.6 Å². The number of phenols is 1. The van der Waals surface area contributed by atoms with Gasteiger partial charge in [-0.25, -0.2) is 9.37 Å². The maximum atomic E-state index is 17.2. The summed E-state index contributed by atoms with van der Waals surface area (Å²) >= 11 is 8.58. The number of aliphatic hydroxyl groups is 1. The van der Waals surface area contributed by atoms with Gasteiger partial charge < -0.3 is 50.1 Å². The predicted molar refractivity (Wildman–Crippen MR) is 339 cm³/mol. The number of hydrogen-bond donors (Lipinski definition) is 4. The number of carbonyl (C=O) groups excluding carboxylic acids is 3. The molecule has 21 heteroatoms. The number of hydrogen-bond acceptors (Lipinski definition) is 16. The largest absolute Gasteiger partial charge is 0.508 e. The van der Waals surface area contributed by atoms with Gasteiger partial charge in [0.25, 0.3) is 0 Å². The number of benzene rings is 4. The number of β-amino-alcohol motifs (C(OH)–C–C–N with tert-alkyl or cyclic N) is 1. The molecule has 4 aromatic carbocycles. The molecule has 18 nitrogen and oxygen atoms in total. The molecule has 2 aromatic heterocycles. The molecule has 0 unspecified atom stereocenters. The first kappa shape index (κ1) is 62.3. The number of thiazole rings is 1. The molecule has 4 N–H and O–H groups in total. The van der Waals surface area contributed by atoms with Crippen molar-refractivity contribution in [3.05, 3.63) is 119 Å². The van der Waals surface area contributed by atoms with Crippen molar-refractivity contribution in [2.24, 2.45) is 5.41 Å². The van der Waals surface area contributed by atoms with Gasteiger partial charge in [-0.1, -0.05) is 94.1 Å². The van der Waals surface area contributed by atoms with Crippen molar-refractivity contribution in [1.82, 2.24) is 55.0 Å². The van der Waals surface area contributed by atoms with E-state index in [0.29, 0.717) is 61.6 Å². The van der Waals surface area contributed by atoms with Gasteiger partial charge in [0.15, 0.2) is 5.82 Å². The van der Waals surface area contributed by atoms with Gasteiger partial charge in [0, 0.05) is 121 Å². The third-order valence-electron chi connectivity index (χ3n) is 17.3. The Morgan fingerprint density at radius 1 is 0.872 bits per heavy atom. The molecular weight excluding hydrogens is 1130 g/mol. The van der Waals surface area contributed by atoms with E-state index in [-0.39, 0.29) is 70.8 Å². The Balaban J connectivity index is 0.678. The number of nitrogens with zero attached hydrogens (tertiary/aromatic N) is 10. The van der Waals surface area contributed by atoms with Gasteiger partial charge in [0.2, 0.25) is 17.7 Å². The van der Waals surface area contributed by atoms with E-state index < -0.39 is 29.4 Å². The highest BCUT2D eigenvalue weighted by Crippen LogP contribution is 2.43. The highest BCUT2D eigenvalue weighted by atomic mass is 35.5. The van der Waals surface area contributed by atoms with Crippen molar-refractivity contribution < 1.29 is 33.7 Å². The highest BCUT2D eigenvalue weighted by Gasteiger charge is 2.43. The summed E-state index contributed by atoms with van der Waals surface area (Å²) in [5.74, 6) is -0.769. The number of anilines is 1. The molecule has 0 saturated carbocycles. The van der Waals surface area contributed by atoms with Gasteiger partial charge in [-0.15, -0.1) is 11.3 Å². The van der Waals surface area contributed by atoms with Gasteiger partial charge in [-0.2, -0.15) is 9.97 Å². The summed E-state index contributed by atoms with van der Waals surface area (Å²) in [5.41, 5.74) is 5.72. The number of aromatic hydroxyl groups is 1. The van der Waals surface area contributed by atoms with Crippen LogP contribution in [0.5, 0.6) is 11.8 Å². The molecule has 3 amide bonds. The molecule has 458 valence electrons. The smallest absolute Gasteiger partial charge is 0.319 e. The number of rotatable bonds is 20. The molecule has 5 atom stereocenters. The molecule has 4 aliphatic rings. The van der Waals surface area contributed by atoms with E-state index in [4.69, 9.17) is 26.3 Å². The van der Waals surface area contributed by atoms with Crippen LogP contribution in [-0.4, -0.2) is 208 Å². The summed E-state index contributed by atoms with van der Waals surface area (Å²) in [7, 11) is 0. The van der Waals surface area contributed by atoms with Gasteiger partial charge in [0.05, 0.1) is 39.8 Å². The zero-order valence-corrected chi connectivity index (χ0v) is 52.0. The maximum absolute atomic E-state index is 17.2. The van der Waals surface area contributed by atoms with Crippen LogP contribution in [0.4, 0.5) is 10.2 Å². The predicted octanol–water partition coefficient (Wildman–Crippen LogP) is 7.96. The minimum Gasteiger partial charge on any atom is -0.508 e. The lowest BCUT2D eigenvalue weighted by Crippen LogP contribution is -2.58. The Morgan fingerprint density at radius 3 is 2.19 bits per heavy atom. The number of piperazine rings is 3. The van der Waals surface area contributed by atoms with Crippen molar-refractivity contribution >= 4 is 68.2 Å². The Morgan fingerprint density at radius 2 is 1.53 bits per heavy atom. The number of carbonyl (C=O) groups is 3. The molecule has 6 aromatic rings. The number of aryl methyl sites for hydroxylation is 1. The lowest BCUT2D eigenvalue weighted by atomic mass is 9.85. The number of ether oxygens (including phenoxy) is 1. The number of likely N-dealkylation sites (tertiary alicyclic amines) is 1. The van der Waals surface area contributed by atoms with Crippen molar-refractivity contribution in [3.8, 4) is 33.3 Å². The number of amides is 3. The normalized spacial score (nSPS) is 19.6. The van der Waals surface area contributed by atoms with Crippen LogP contribution < -0.4 is 20.3 Å². The fourth-order valence-corrected chi connectivity index (χ4v) is 13.6. The molecule has 0 bridgehead atoms.